The van der Waals surface area contributed by atoms with Gasteiger partial charge in [-0.1, -0.05) is 29.3 Å². The van der Waals surface area contributed by atoms with Crippen LogP contribution in [-0.2, 0) is 14.8 Å². The number of carbonyl (C=O) groups excluding carboxylic acids is 1. The van der Waals surface area contributed by atoms with E-state index >= 15 is 0 Å². The van der Waals surface area contributed by atoms with Crippen molar-refractivity contribution in [1.29, 1.82) is 0 Å². The van der Waals surface area contributed by atoms with E-state index in [0.29, 0.717) is 21.4 Å². The van der Waals surface area contributed by atoms with Crippen molar-refractivity contribution < 1.29 is 13.2 Å². The van der Waals surface area contributed by atoms with E-state index in [4.69, 9.17) is 23.2 Å². The third-order valence-electron chi connectivity index (χ3n) is 3.21. The van der Waals surface area contributed by atoms with Crippen LogP contribution >= 0.6 is 23.2 Å². The summed E-state index contributed by atoms with van der Waals surface area (Å²) < 4.78 is 25.4. The standard InChI is InChI=1S/C16H17Cl2N3O3S/c1-21(2)25(23,24)15-5-3-4-13(9-15)20-16(22)10-19-14-7-11(17)6-12(18)8-14/h3-9,19H,10H2,1-2H3,(H,20,22). The van der Waals surface area contributed by atoms with Gasteiger partial charge < -0.3 is 10.6 Å². The molecule has 2 aromatic rings. The number of nitrogens with zero attached hydrogens (tertiary/aromatic N) is 1. The van der Waals surface area contributed by atoms with Crippen LogP contribution in [0.4, 0.5) is 11.4 Å². The fourth-order valence-electron chi connectivity index (χ4n) is 1.99. The molecule has 0 unspecified atom stereocenters. The molecule has 0 bridgehead atoms. The van der Waals surface area contributed by atoms with Crippen molar-refractivity contribution in [3.63, 3.8) is 0 Å². The third kappa shape index (κ3) is 5.34. The van der Waals surface area contributed by atoms with Crippen molar-refractivity contribution in [3.05, 3.63) is 52.5 Å². The highest BCUT2D eigenvalue weighted by atomic mass is 35.5. The van der Waals surface area contributed by atoms with Gasteiger partial charge in [-0.2, -0.15) is 0 Å². The summed E-state index contributed by atoms with van der Waals surface area (Å²) in [5.41, 5.74) is 0.996. The predicted molar refractivity (Wildman–Crippen MR) is 101 cm³/mol. The van der Waals surface area contributed by atoms with E-state index in [0.717, 1.165) is 4.31 Å². The maximum Gasteiger partial charge on any atom is 0.243 e. The summed E-state index contributed by atoms with van der Waals surface area (Å²) in [6.07, 6.45) is 0. The largest absolute Gasteiger partial charge is 0.376 e. The van der Waals surface area contributed by atoms with Crippen LogP contribution in [0, 0.1) is 0 Å². The number of carbonyl (C=O) groups is 1. The lowest BCUT2D eigenvalue weighted by Gasteiger charge is -2.13. The van der Waals surface area contributed by atoms with Gasteiger partial charge in [0.1, 0.15) is 0 Å². The van der Waals surface area contributed by atoms with Gasteiger partial charge in [0, 0.05) is 35.5 Å². The Bertz CT molecular complexity index is 866. The Balaban J connectivity index is 2.03. The molecule has 0 radical (unpaired) electrons. The van der Waals surface area contributed by atoms with E-state index in [-0.39, 0.29) is 17.3 Å². The summed E-state index contributed by atoms with van der Waals surface area (Å²) in [5, 5.41) is 6.46. The Morgan fingerprint density at radius 2 is 1.68 bits per heavy atom. The number of anilines is 2. The molecule has 0 spiro atoms. The van der Waals surface area contributed by atoms with E-state index < -0.39 is 10.0 Å². The lowest BCUT2D eigenvalue weighted by Crippen LogP contribution is -2.23. The van der Waals surface area contributed by atoms with Crippen LogP contribution in [0.25, 0.3) is 0 Å². The van der Waals surface area contributed by atoms with Crippen LogP contribution in [0.5, 0.6) is 0 Å². The molecule has 0 saturated carbocycles. The summed E-state index contributed by atoms with van der Waals surface area (Å²) in [6, 6.07) is 10.9. The van der Waals surface area contributed by atoms with E-state index in [1.807, 2.05) is 0 Å². The molecule has 0 aliphatic rings. The molecule has 2 aromatic carbocycles. The number of hydrogen-bond donors (Lipinski definition) is 2. The highest BCUT2D eigenvalue weighted by Gasteiger charge is 2.17. The number of sulfonamides is 1. The molecule has 2 rings (SSSR count). The first-order valence-electron chi connectivity index (χ1n) is 7.21. The van der Waals surface area contributed by atoms with Crippen molar-refractivity contribution in [2.75, 3.05) is 31.3 Å². The van der Waals surface area contributed by atoms with Crippen molar-refractivity contribution >= 4 is 50.5 Å². The quantitative estimate of drug-likeness (QED) is 0.777. The first-order valence-corrected chi connectivity index (χ1v) is 9.40. The van der Waals surface area contributed by atoms with Gasteiger partial charge in [-0.05, 0) is 36.4 Å². The van der Waals surface area contributed by atoms with Crippen LogP contribution in [0.3, 0.4) is 0 Å². The summed E-state index contributed by atoms with van der Waals surface area (Å²) in [6.45, 7) is -0.0265. The average molecular weight is 402 g/mol. The van der Waals surface area contributed by atoms with E-state index in [1.54, 1.807) is 30.3 Å². The molecule has 0 aromatic heterocycles. The molecular formula is C16H17Cl2N3O3S. The number of nitrogens with one attached hydrogen (secondary N) is 2. The number of amides is 1. The minimum atomic E-state index is -3.56. The van der Waals surface area contributed by atoms with Gasteiger partial charge in [0.05, 0.1) is 11.4 Å². The van der Waals surface area contributed by atoms with Gasteiger partial charge >= 0.3 is 0 Å². The summed E-state index contributed by atoms with van der Waals surface area (Å²) in [7, 11) is -0.673. The zero-order valence-corrected chi connectivity index (χ0v) is 15.9. The molecule has 0 aliphatic carbocycles. The number of benzene rings is 2. The Labute approximate surface area is 156 Å². The van der Waals surface area contributed by atoms with Gasteiger partial charge in [-0.15, -0.1) is 0 Å². The minimum Gasteiger partial charge on any atom is -0.376 e. The normalized spacial score (nSPS) is 11.4. The Kier molecular flexibility index (Phi) is 6.29. The van der Waals surface area contributed by atoms with Gasteiger partial charge in [0.2, 0.25) is 15.9 Å². The minimum absolute atomic E-state index is 0.0265. The SMILES string of the molecule is CN(C)S(=O)(=O)c1cccc(NC(=O)CNc2cc(Cl)cc(Cl)c2)c1. The molecule has 9 heteroatoms. The molecule has 2 N–H and O–H groups in total. The second-order valence-electron chi connectivity index (χ2n) is 5.38. The molecule has 25 heavy (non-hydrogen) atoms. The molecular weight excluding hydrogens is 385 g/mol. The Morgan fingerprint density at radius 3 is 2.28 bits per heavy atom. The maximum absolute atomic E-state index is 12.1. The van der Waals surface area contributed by atoms with Crippen molar-refractivity contribution in [1.82, 2.24) is 4.31 Å². The van der Waals surface area contributed by atoms with Crippen LogP contribution in [0.2, 0.25) is 10.0 Å². The first-order chi connectivity index (χ1) is 11.7. The van der Waals surface area contributed by atoms with Gasteiger partial charge in [0.15, 0.2) is 0 Å². The Morgan fingerprint density at radius 1 is 1.04 bits per heavy atom. The van der Waals surface area contributed by atoms with Crippen LogP contribution in [0.15, 0.2) is 47.4 Å². The number of rotatable bonds is 6. The van der Waals surface area contributed by atoms with Crippen molar-refractivity contribution in [3.8, 4) is 0 Å². The predicted octanol–water partition coefficient (Wildman–Crippen LogP) is 3.29. The number of halogens is 2. The molecule has 0 heterocycles. The molecule has 134 valence electrons. The Hall–Kier alpha value is -1.80. The monoisotopic (exact) mass is 401 g/mol. The van der Waals surface area contributed by atoms with Crippen molar-refractivity contribution in [2.45, 2.75) is 4.90 Å². The smallest absolute Gasteiger partial charge is 0.243 e. The summed E-state index contributed by atoms with van der Waals surface area (Å²) >= 11 is 11.8. The lowest BCUT2D eigenvalue weighted by atomic mass is 10.3. The van der Waals surface area contributed by atoms with Gasteiger partial charge in [-0.3, -0.25) is 4.79 Å². The van der Waals surface area contributed by atoms with Gasteiger partial charge in [0.25, 0.3) is 0 Å². The zero-order valence-electron chi connectivity index (χ0n) is 13.6. The highest BCUT2D eigenvalue weighted by molar-refractivity contribution is 7.89. The third-order valence-corrected chi connectivity index (χ3v) is 5.46. The summed E-state index contributed by atoms with van der Waals surface area (Å²) in [5.74, 6) is -0.338. The van der Waals surface area contributed by atoms with E-state index in [2.05, 4.69) is 10.6 Å². The second kappa shape index (κ2) is 8.05. The highest BCUT2D eigenvalue weighted by Crippen LogP contribution is 2.22. The van der Waals surface area contributed by atoms with Gasteiger partial charge in [-0.25, -0.2) is 12.7 Å². The van der Waals surface area contributed by atoms with E-state index in [9.17, 15) is 13.2 Å². The average Bonchev–Trinajstić information content (AvgIpc) is 2.52. The zero-order chi connectivity index (χ0) is 18.6. The van der Waals surface area contributed by atoms with Crippen LogP contribution in [-0.4, -0.2) is 39.3 Å². The molecule has 6 nitrogen and oxygen atoms in total. The molecule has 1 amide bonds. The molecule has 0 aliphatic heterocycles. The molecule has 0 saturated heterocycles. The first kappa shape index (κ1) is 19.5. The maximum atomic E-state index is 12.1. The van der Waals surface area contributed by atoms with Crippen LogP contribution in [0.1, 0.15) is 0 Å². The molecule has 0 fully saturated rings. The second-order valence-corrected chi connectivity index (χ2v) is 8.40. The van der Waals surface area contributed by atoms with Crippen LogP contribution < -0.4 is 10.6 Å². The summed E-state index contributed by atoms with van der Waals surface area (Å²) in [4.78, 5) is 12.2. The van der Waals surface area contributed by atoms with Crippen molar-refractivity contribution in [2.24, 2.45) is 0 Å². The topological polar surface area (TPSA) is 78.5 Å². The van der Waals surface area contributed by atoms with E-state index in [1.165, 1.54) is 26.2 Å². The fourth-order valence-corrected chi connectivity index (χ4v) is 3.46. The lowest BCUT2D eigenvalue weighted by molar-refractivity contribution is -0.114. The number of hydrogen-bond acceptors (Lipinski definition) is 4. The fraction of sp³-hybridized carbons (Fsp3) is 0.188. The molecule has 0 atom stereocenters.